The number of amides is 1. The van der Waals surface area contributed by atoms with Crippen molar-refractivity contribution in [2.24, 2.45) is 0 Å². The van der Waals surface area contributed by atoms with Gasteiger partial charge in [0.2, 0.25) is 5.56 Å². The van der Waals surface area contributed by atoms with E-state index in [0.717, 1.165) is 29.8 Å². The second-order valence-electron chi connectivity index (χ2n) is 4.75. The van der Waals surface area contributed by atoms with Crippen LogP contribution in [0.1, 0.15) is 40.8 Å². The average Bonchev–Trinajstić information content (AvgIpc) is 2.84. The van der Waals surface area contributed by atoms with Crippen LogP contribution in [0.15, 0.2) is 23.0 Å². The van der Waals surface area contributed by atoms with Gasteiger partial charge >= 0.3 is 0 Å². The number of hydrogen-bond acceptors (Lipinski definition) is 3. The van der Waals surface area contributed by atoms with E-state index in [4.69, 9.17) is 0 Å². The highest BCUT2D eigenvalue weighted by atomic mass is 16.2. The molecule has 6 heteroatoms. The fraction of sp³-hybridized carbons (Fsp3) is 0.357. The van der Waals surface area contributed by atoms with Crippen LogP contribution in [0.2, 0.25) is 0 Å². The molecule has 0 atom stereocenters. The third-order valence-corrected chi connectivity index (χ3v) is 2.87. The van der Waals surface area contributed by atoms with Gasteiger partial charge < -0.3 is 10.3 Å². The van der Waals surface area contributed by atoms with Gasteiger partial charge in [0, 0.05) is 24.0 Å². The Labute approximate surface area is 116 Å². The average molecular weight is 274 g/mol. The molecule has 2 rings (SSSR count). The van der Waals surface area contributed by atoms with Crippen LogP contribution in [-0.2, 0) is 13.0 Å². The molecular formula is C14H18N4O2. The Balaban J connectivity index is 1.98. The molecule has 6 nitrogen and oxygen atoms in total. The fourth-order valence-electron chi connectivity index (χ4n) is 2.00. The van der Waals surface area contributed by atoms with Crippen LogP contribution in [0.5, 0.6) is 0 Å². The van der Waals surface area contributed by atoms with Crippen molar-refractivity contribution < 1.29 is 4.79 Å². The summed E-state index contributed by atoms with van der Waals surface area (Å²) in [4.78, 5) is 25.9. The largest absolute Gasteiger partial charge is 0.347 e. The molecule has 2 heterocycles. The molecule has 0 aliphatic heterocycles. The third kappa shape index (κ3) is 3.57. The maximum atomic E-state index is 11.9. The summed E-state index contributed by atoms with van der Waals surface area (Å²) in [5, 5.41) is 9.57. The van der Waals surface area contributed by atoms with Gasteiger partial charge in [0.25, 0.3) is 5.91 Å². The second kappa shape index (κ2) is 6.18. The first kappa shape index (κ1) is 14.0. The predicted molar refractivity (Wildman–Crippen MR) is 75.6 cm³/mol. The molecule has 2 aromatic rings. The standard InChI is InChI=1S/C14H18N4O2/c1-3-4-11-7-12(18-17-11)14(20)15-8-10-5-9(2)16-13(19)6-10/h5-7H,3-4,8H2,1-2H3,(H,15,20)(H,16,19)(H,17,18). The van der Waals surface area contributed by atoms with Gasteiger partial charge in [-0.1, -0.05) is 13.3 Å². The van der Waals surface area contributed by atoms with Crippen LogP contribution in [0.4, 0.5) is 0 Å². The van der Waals surface area contributed by atoms with E-state index in [1.807, 2.05) is 6.07 Å². The molecule has 0 aliphatic carbocycles. The number of nitrogens with one attached hydrogen (secondary N) is 3. The number of aryl methyl sites for hydroxylation is 2. The van der Waals surface area contributed by atoms with Crippen molar-refractivity contribution in [3.8, 4) is 0 Å². The zero-order chi connectivity index (χ0) is 14.5. The van der Waals surface area contributed by atoms with E-state index in [-0.39, 0.29) is 11.5 Å². The molecule has 0 spiro atoms. The first-order valence-electron chi connectivity index (χ1n) is 6.61. The molecule has 0 aliphatic rings. The van der Waals surface area contributed by atoms with Crippen molar-refractivity contribution >= 4 is 5.91 Å². The number of aromatic amines is 2. The zero-order valence-electron chi connectivity index (χ0n) is 11.6. The number of carbonyl (C=O) groups is 1. The molecule has 0 saturated carbocycles. The second-order valence-corrected chi connectivity index (χ2v) is 4.75. The molecule has 0 saturated heterocycles. The Morgan fingerprint density at radius 3 is 2.85 bits per heavy atom. The van der Waals surface area contributed by atoms with Gasteiger partial charge in [-0.2, -0.15) is 5.10 Å². The van der Waals surface area contributed by atoms with Crippen molar-refractivity contribution in [1.82, 2.24) is 20.5 Å². The first-order valence-corrected chi connectivity index (χ1v) is 6.61. The molecule has 0 fully saturated rings. The van der Waals surface area contributed by atoms with Crippen LogP contribution in [-0.4, -0.2) is 21.1 Å². The quantitative estimate of drug-likeness (QED) is 0.767. The van der Waals surface area contributed by atoms with Crippen molar-refractivity contribution in [2.45, 2.75) is 33.2 Å². The number of aromatic nitrogens is 3. The van der Waals surface area contributed by atoms with Crippen molar-refractivity contribution in [3.05, 3.63) is 51.2 Å². The summed E-state index contributed by atoms with van der Waals surface area (Å²) in [6.45, 7) is 4.17. The number of H-pyrrole nitrogens is 2. The summed E-state index contributed by atoms with van der Waals surface area (Å²) >= 11 is 0. The van der Waals surface area contributed by atoms with Crippen LogP contribution in [0, 0.1) is 6.92 Å². The number of rotatable bonds is 5. The van der Waals surface area contributed by atoms with Crippen LogP contribution < -0.4 is 10.9 Å². The summed E-state index contributed by atoms with van der Waals surface area (Å²) in [5.74, 6) is -0.249. The van der Waals surface area contributed by atoms with E-state index in [0.29, 0.717) is 12.2 Å². The highest BCUT2D eigenvalue weighted by Crippen LogP contribution is 2.03. The van der Waals surface area contributed by atoms with Gasteiger partial charge in [-0.3, -0.25) is 14.7 Å². The molecular weight excluding hydrogens is 256 g/mol. The number of hydrogen-bond donors (Lipinski definition) is 3. The normalized spacial score (nSPS) is 10.5. The Hall–Kier alpha value is -2.37. The lowest BCUT2D eigenvalue weighted by molar-refractivity contribution is 0.0946. The highest BCUT2D eigenvalue weighted by Gasteiger charge is 2.10. The zero-order valence-corrected chi connectivity index (χ0v) is 11.6. The Morgan fingerprint density at radius 1 is 1.35 bits per heavy atom. The minimum absolute atomic E-state index is 0.167. The van der Waals surface area contributed by atoms with E-state index in [2.05, 4.69) is 27.4 Å². The molecule has 2 aromatic heterocycles. The Bertz CT molecular complexity index is 657. The van der Waals surface area contributed by atoms with E-state index in [1.165, 1.54) is 6.07 Å². The molecule has 3 N–H and O–H groups in total. The van der Waals surface area contributed by atoms with E-state index < -0.39 is 0 Å². The van der Waals surface area contributed by atoms with E-state index in [9.17, 15) is 9.59 Å². The summed E-state index contributed by atoms with van der Waals surface area (Å²) in [7, 11) is 0. The Kier molecular flexibility index (Phi) is 4.34. The van der Waals surface area contributed by atoms with E-state index >= 15 is 0 Å². The van der Waals surface area contributed by atoms with Gasteiger partial charge in [-0.25, -0.2) is 0 Å². The molecule has 0 aromatic carbocycles. The van der Waals surface area contributed by atoms with E-state index in [1.54, 1.807) is 13.0 Å². The SMILES string of the molecule is CCCc1cc(C(=O)NCc2cc(C)[nH]c(=O)c2)n[nH]1. The van der Waals surface area contributed by atoms with Crippen LogP contribution in [0.25, 0.3) is 0 Å². The van der Waals surface area contributed by atoms with Crippen LogP contribution >= 0.6 is 0 Å². The molecule has 0 unspecified atom stereocenters. The smallest absolute Gasteiger partial charge is 0.272 e. The number of pyridine rings is 1. The van der Waals surface area contributed by atoms with Crippen LogP contribution in [0.3, 0.4) is 0 Å². The molecule has 106 valence electrons. The minimum atomic E-state index is -0.249. The minimum Gasteiger partial charge on any atom is -0.347 e. The molecule has 0 bridgehead atoms. The first-order chi connectivity index (χ1) is 9.58. The number of nitrogens with zero attached hydrogens (tertiary/aromatic N) is 1. The monoisotopic (exact) mass is 274 g/mol. The molecule has 1 amide bonds. The van der Waals surface area contributed by atoms with Gasteiger partial charge in [-0.05, 0) is 31.0 Å². The van der Waals surface area contributed by atoms with Gasteiger partial charge in [0.1, 0.15) is 5.69 Å². The highest BCUT2D eigenvalue weighted by molar-refractivity contribution is 5.92. The number of carbonyl (C=O) groups excluding carboxylic acids is 1. The van der Waals surface area contributed by atoms with Crippen molar-refractivity contribution in [1.29, 1.82) is 0 Å². The summed E-state index contributed by atoms with van der Waals surface area (Å²) in [5.41, 5.74) is 2.69. The van der Waals surface area contributed by atoms with Crippen molar-refractivity contribution in [3.63, 3.8) is 0 Å². The maximum Gasteiger partial charge on any atom is 0.272 e. The lowest BCUT2D eigenvalue weighted by Crippen LogP contribution is -2.24. The Morgan fingerprint density at radius 2 is 2.15 bits per heavy atom. The molecule has 0 radical (unpaired) electrons. The predicted octanol–water partition coefficient (Wildman–Crippen LogP) is 1.29. The maximum absolute atomic E-state index is 11.9. The van der Waals surface area contributed by atoms with Crippen molar-refractivity contribution in [2.75, 3.05) is 0 Å². The summed E-state index contributed by atoms with van der Waals surface area (Å²) in [6.07, 6.45) is 1.86. The third-order valence-electron chi connectivity index (χ3n) is 2.87. The fourth-order valence-corrected chi connectivity index (χ4v) is 2.00. The summed E-state index contributed by atoms with van der Waals surface area (Å²) < 4.78 is 0. The molecule has 20 heavy (non-hydrogen) atoms. The topological polar surface area (TPSA) is 90.6 Å². The summed E-state index contributed by atoms with van der Waals surface area (Å²) in [6, 6.07) is 5.05. The van der Waals surface area contributed by atoms with Gasteiger partial charge in [0.15, 0.2) is 0 Å². The van der Waals surface area contributed by atoms with Gasteiger partial charge in [-0.15, -0.1) is 0 Å². The van der Waals surface area contributed by atoms with Gasteiger partial charge in [0.05, 0.1) is 0 Å². The lowest BCUT2D eigenvalue weighted by Gasteiger charge is -2.03. The lowest BCUT2D eigenvalue weighted by atomic mass is 10.2.